The molecule has 1 aliphatic heterocycles. The van der Waals surface area contributed by atoms with Crippen LogP contribution in [0.25, 0.3) is 11.2 Å². The lowest BCUT2D eigenvalue weighted by molar-refractivity contribution is -0.0511. The average molecular weight is 461 g/mol. The monoisotopic (exact) mass is 459 g/mol. The number of anilines is 1. The zero-order chi connectivity index (χ0) is 20.7. The van der Waals surface area contributed by atoms with Crippen LogP contribution >= 0.6 is 34.8 Å². The summed E-state index contributed by atoms with van der Waals surface area (Å²) < 4.78 is 7.02. The number of hydrogen-bond acceptors (Lipinski definition) is 8. The second-order valence-corrected chi connectivity index (χ2v) is 7.73. The summed E-state index contributed by atoms with van der Waals surface area (Å²) in [5, 5.41) is 33.9. The molecular weight excluding hydrogens is 445 g/mol. The third-order valence-electron chi connectivity index (χ3n) is 4.69. The lowest BCUT2D eigenvalue weighted by atomic mass is 10.1. The van der Waals surface area contributed by atoms with Crippen molar-refractivity contribution in [3.63, 3.8) is 0 Å². The molecule has 1 aliphatic rings. The first-order valence-corrected chi connectivity index (χ1v) is 9.71. The molecule has 154 valence electrons. The van der Waals surface area contributed by atoms with Crippen molar-refractivity contribution < 1.29 is 20.1 Å². The Balaban J connectivity index is 1.62. The predicted octanol–water partition coefficient (Wildman–Crippen LogP) is 2.01. The SMILES string of the molecule is OC[C@H]1O[C@@H](n2cnc3c(NCc4c(Cl)cc(Cl)cc4Cl)ncnc32)[C@H](O)[C@@H]1O. The summed E-state index contributed by atoms with van der Waals surface area (Å²) in [5.41, 5.74) is 1.45. The first kappa shape index (κ1) is 20.5. The number of nitrogens with one attached hydrogen (secondary N) is 1. The Labute approximate surface area is 179 Å². The summed E-state index contributed by atoms with van der Waals surface area (Å²) in [4.78, 5) is 12.7. The number of halogens is 3. The first-order valence-electron chi connectivity index (χ1n) is 8.58. The minimum absolute atomic E-state index is 0.266. The molecule has 9 nitrogen and oxygen atoms in total. The quantitative estimate of drug-likeness (QED) is 0.456. The van der Waals surface area contributed by atoms with Crippen LogP contribution in [0, 0.1) is 0 Å². The number of fused-ring (bicyclic) bond motifs is 1. The normalized spacial score (nSPS) is 24.3. The van der Waals surface area contributed by atoms with Crippen molar-refractivity contribution in [1.82, 2.24) is 19.5 Å². The van der Waals surface area contributed by atoms with Gasteiger partial charge in [-0.3, -0.25) is 4.57 Å². The lowest BCUT2D eigenvalue weighted by Gasteiger charge is -2.16. The van der Waals surface area contributed by atoms with Crippen LogP contribution < -0.4 is 5.32 Å². The number of nitrogens with zero attached hydrogens (tertiary/aromatic N) is 4. The number of imidazole rings is 1. The molecule has 3 heterocycles. The molecule has 3 aromatic rings. The molecule has 29 heavy (non-hydrogen) atoms. The zero-order valence-electron chi connectivity index (χ0n) is 14.7. The lowest BCUT2D eigenvalue weighted by Crippen LogP contribution is -2.33. The Morgan fingerprint density at radius 1 is 1.07 bits per heavy atom. The summed E-state index contributed by atoms with van der Waals surface area (Å²) in [5.74, 6) is 0.419. The van der Waals surface area contributed by atoms with Gasteiger partial charge in [-0.15, -0.1) is 0 Å². The fraction of sp³-hybridized carbons (Fsp3) is 0.353. The molecule has 0 spiro atoms. The van der Waals surface area contributed by atoms with Crippen molar-refractivity contribution in [1.29, 1.82) is 0 Å². The Morgan fingerprint density at radius 3 is 2.45 bits per heavy atom. The van der Waals surface area contributed by atoms with E-state index in [0.717, 1.165) is 0 Å². The Morgan fingerprint density at radius 2 is 1.79 bits per heavy atom. The van der Waals surface area contributed by atoms with Crippen LogP contribution in [0.4, 0.5) is 5.82 Å². The van der Waals surface area contributed by atoms with Gasteiger partial charge in [0, 0.05) is 27.2 Å². The van der Waals surface area contributed by atoms with Gasteiger partial charge >= 0.3 is 0 Å². The largest absolute Gasteiger partial charge is 0.394 e. The van der Waals surface area contributed by atoms with Crippen LogP contribution in [0.1, 0.15) is 11.8 Å². The van der Waals surface area contributed by atoms with Crippen LogP contribution in [0.2, 0.25) is 15.1 Å². The Kier molecular flexibility index (Phi) is 5.80. The number of benzene rings is 1. The van der Waals surface area contributed by atoms with Crippen molar-refractivity contribution in [3.8, 4) is 0 Å². The van der Waals surface area contributed by atoms with Gasteiger partial charge in [-0.2, -0.15) is 0 Å². The third-order valence-corrected chi connectivity index (χ3v) is 5.58. The molecule has 0 aliphatic carbocycles. The second kappa shape index (κ2) is 8.19. The van der Waals surface area contributed by atoms with E-state index < -0.39 is 31.1 Å². The van der Waals surface area contributed by atoms with E-state index in [0.29, 0.717) is 37.6 Å². The molecule has 1 aromatic carbocycles. The summed E-state index contributed by atoms with van der Waals surface area (Å²) >= 11 is 18.4. The van der Waals surface area contributed by atoms with Crippen molar-refractivity contribution in [2.45, 2.75) is 31.1 Å². The molecule has 0 amide bonds. The number of rotatable bonds is 5. The van der Waals surface area contributed by atoms with Crippen LogP contribution in [0.5, 0.6) is 0 Å². The van der Waals surface area contributed by atoms with E-state index in [1.54, 1.807) is 12.1 Å². The van der Waals surface area contributed by atoms with Gasteiger partial charge in [0.25, 0.3) is 0 Å². The van der Waals surface area contributed by atoms with Gasteiger partial charge in [0.1, 0.15) is 24.6 Å². The van der Waals surface area contributed by atoms with Gasteiger partial charge < -0.3 is 25.4 Å². The maximum atomic E-state index is 10.3. The zero-order valence-corrected chi connectivity index (χ0v) is 17.0. The smallest absolute Gasteiger partial charge is 0.167 e. The molecule has 1 fully saturated rings. The predicted molar refractivity (Wildman–Crippen MR) is 107 cm³/mol. The highest BCUT2D eigenvalue weighted by molar-refractivity contribution is 6.39. The highest BCUT2D eigenvalue weighted by Gasteiger charge is 2.44. The molecule has 4 N–H and O–H groups in total. The van der Waals surface area contributed by atoms with Crippen molar-refractivity contribution in [2.75, 3.05) is 11.9 Å². The summed E-state index contributed by atoms with van der Waals surface area (Å²) in [6, 6.07) is 3.19. The summed E-state index contributed by atoms with van der Waals surface area (Å²) in [6.07, 6.45) is -1.57. The fourth-order valence-electron chi connectivity index (χ4n) is 3.19. The fourth-order valence-corrected chi connectivity index (χ4v) is 4.14. The number of ether oxygens (including phenoxy) is 1. The number of aliphatic hydroxyl groups excluding tert-OH is 3. The van der Waals surface area contributed by atoms with Gasteiger partial charge in [0.15, 0.2) is 23.2 Å². The summed E-state index contributed by atoms with van der Waals surface area (Å²) in [6.45, 7) is -0.159. The van der Waals surface area contributed by atoms with Gasteiger partial charge in [0.2, 0.25) is 0 Å². The molecule has 0 unspecified atom stereocenters. The molecule has 4 rings (SSSR count). The Hall–Kier alpha value is -1.72. The third kappa shape index (κ3) is 3.75. The molecule has 12 heteroatoms. The molecule has 0 bridgehead atoms. The maximum absolute atomic E-state index is 10.3. The van der Waals surface area contributed by atoms with Crippen molar-refractivity contribution in [3.05, 3.63) is 45.4 Å². The van der Waals surface area contributed by atoms with E-state index in [2.05, 4.69) is 20.3 Å². The summed E-state index contributed by atoms with van der Waals surface area (Å²) in [7, 11) is 0. The number of hydrogen-bond donors (Lipinski definition) is 4. The molecule has 4 atom stereocenters. The molecule has 1 saturated heterocycles. The van der Waals surface area contributed by atoms with Gasteiger partial charge in [-0.25, -0.2) is 15.0 Å². The highest BCUT2D eigenvalue weighted by Crippen LogP contribution is 2.33. The van der Waals surface area contributed by atoms with Crippen molar-refractivity contribution >= 4 is 51.8 Å². The van der Waals surface area contributed by atoms with Gasteiger partial charge in [-0.05, 0) is 12.1 Å². The van der Waals surface area contributed by atoms with E-state index in [9.17, 15) is 15.3 Å². The topological polar surface area (TPSA) is 126 Å². The maximum Gasteiger partial charge on any atom is 0.167 e. The average Bonchev–Trinajstić information content (AvgIpc) is 3.23. The molecule has 2 aromatic heterocycles. The molecular formula is C17H16Cl3N5O4. The second-order valence-electron chi connectivity index (χ2n) is 6.48. The van der Waals surface area contributed by atoms with E-state index >= 15 is 0 Å². The first-order chi connectivity index (χ1) is 13.9. The minimum atomic E-state index is -1.25. The standard InChI is InChI=1S/C17H16Cl3N5O4/c18-7-1-9(19)8(10(20)2-7)3-21-15-12-16(23-5-22-15)25(6-24-12)17-14(28)13(27)11(4-26)29-17/h1-2,5-6,11,13-14,17,26-28H,3-4H2,(H,21,22,23)/t11-,13-,14-,17-/m1/s1. The van der Waals surface area contributed by atoms with Crippen LogP contribution in [0.3, 0.4) is 0 Å². The molecule has 0 radical (unpaired) electrons. The van der Waals surface area contributed by atoms with Crippen LogP contribution in [0.15, 0.2) is 24.8 Å². The molecule has 0 saturated carbocycles. The van der Waals surface area contributed by atoms with Crippen LogP contribution in [-0.4, -0.2) is 59.8 Å². The van der Waals surface area contributed by atoms with E-state index in [1.165, 1.54) is 17.2 Å². The van der Waals surface area contributed by atoms with E-state index in [1.807, 2.05) is 0 Å². The highest BCUT2D eigenvalue weighted by atomic mass is 35.5. The van der Waals surface area contributed by atoms with E-state index in [4.69, 9.17) is 39.5 Å². The van der Waals surface area contributed by atoms with Crippen LogP contribution in [-0.2, 0) is 11.3 Å². The number of aromatic nitrogens is 4. The minimum Gasteiger partial charge on any atom is -0.394 e. The number of aliphatic hydroxyl groups is 3. The Bertz CT molecular complexity index is 1030. The van der Waals surface area contributed by atoms with Gasteiger partial charge in [0.05, 0.1) is 12.9 Å². The van der Waals surface area contributed by atoms with Crippen molar-refractivity contribution in [2.24, 2.45) is 0 Å². The van der Waals surface area contributed by atoms with Gasteiger partial charge in [-0.1, -0.05) is 34.8 Å². The van der Waals surface area contributed by atoms with E-state index in [-0.39, 0.29) is 6.54 Å².